The summed E-state index contributed by atoms with van der Waals surface area (Å²) in [5.74, 6) is -0.126. The lowest BCUT2D eigenvalue weighted by atomic mass is 9.63. The van der Waals surface area contributed by atoms with E-state index in [0.29, 0.717) is 22.4 Å². The molecule has 1 aromatic rings. The second-order valence-electron chi connectivity index (χ2n) is 7.72. The van der Waals surface area contributed by atoms with Crippen LogP contribution >= 0.6 is 0 Å². The van der Waals surface area contributed by atoms with Gasteiger partial charge in [0.25, 0.3) is 0 Å². The molecule has 1 saturated carbocycles. The van der Waals surface area contributed by atoms with Crippen LogP contribution in [0.4, 0.5) is 10.1 Å². The third kappa shape index (κ3) is 3.71. The van der Waals surface area contributed by atoms with Gasteiger partial charge in [0.05, 0.1) is 0 Å². The van der Waals surface area contributed by atoms with Crippen molar-refractivity contribution in [3.63, 3.8) is 0 Å². The predicted octanol–water partition coefficient (Wildman–Crippen LogP) is 5.15. The van der Waals surface area contributed by atoms with Crippen molar-refractivity contribution < 1.29 is 4.39 Å². The Morgan fingerprint density at radius 3 is 2.21 bits per heavy atom. The average molecular weight is 263 g/mol. The van der Waals surface area contributed by atoms with Crippen molar-refractivity contribution in [2.45, 2.75) is 59.9 Å². The molecule has 0 unspecified atom stereocenters. The molecule has 106 valence electrons. The molecular formula is C17H26FN. The van der Waals surface area contributed by atoms with E-state index in [-0.39, 0.29) is 5.82 Å². The Morgan fingerprint density at radius 1 is 1.11 bits per heavy atom. The van der Waals surface area contributed by atoms with E-state index in [1.165, 1.54) is 6.42 Å². The average Bonchev–Trinajstić information content (AvgIpc) is 2.18. The molecule has 0 amide bonds. The molecule has 2 rings (SSSR count). The summed E-state index contributed by atoms with van der Waals surface area (Å²) in [6.45, 7) is 11.1. The monoisotopic (exact) mass is 263 g/mol. The number of rotatable bonds is 2. The van der Waals surface area contributed by atoms with E-state index in [1.54, 1.807) is 13.0 Å². The fraction of sp³-hybridized carbons (Fsp3) is 0.647. The summed E-state index contributed by atoms with van der Waals surface area (Å²) in [4.78, 5) is 0. The number of halogens is 1. The third-order valence-corrected chi connectivity index (χ3v) is 4.10. The van der Waals surface area contributed by atoms with Crippen LogP contribution in [0, 0.1) is 23.6 Å². The Bertz CT molecular complexity index is 446. The van der Waals surface area contributed by atoms with Crippen LogP contribution in [0.1, 0.15) is 52.5 Å². The van der Waals surface area contributed by atoms with Gasteiger partial charge in [-0.3, -0.25) is 0 Å². The molecular weight excluding hydrogens is 237 g/mol. The molecule has 19 heavy (non-hydrogen) atoms. The first-order valence-corrected chi connectivity index (χ1v) is 7.20. The molecule has 0 bridgehead atoms. The molecule has 2 heteroatoms. The second-order valence-corrected chi connectivity index (χ2v) is 7.72. The summed E-state index contributed by atoms with van der Waals surface area (Å²) in [6.07, 6.45) is 3.54. The predicted molar refractivity (Wildman–Crippen MR) is 80.0 cm³/mol. The van der Waals surface area contributed by atoms with Crippen molar-refractivity contribution in [2.75, 3.05) is 5.32 Å². The molecule has 1 nitrogen and oxygen atoms in total. The molecule has 1 aromatic carbocycles. The fourth-order valence-corrected chi connectivity index (χ4v) is 3.87. The van der Waals surface area contributed by atoms with Crippen LogP contribution in [0.5, 0.6) is 0 Å². The first-order chi connectivity index (χ1) is 8.67. The minimum absolute atomic E-state index is 0.126. The van der Waals surface area contributed by atoms with Crippen molar-refractivity contribution >= 4 is 5.69 Å². The zero-order valence-electron chi connectivity index (χ0n) is 12.8. The van der Waals surface area contributed by atoms with Crippen molar-refractivity contribution in [1.82, 2.24) is 0 Å². The molecule has 1 aliphatic carbocycles. The largest absolute Gasteiger partial charge is 0.382 e. The highest BCUT2D eigenvalue weighted by atomic mass is 19.1. The van der Waals surface area contributed by atoms with E-state index < -0.39 is 0 Å². The van der Waals surface area contributed by atoms with Crippen molar-refractivity contribution in [1.29, 1.82) is 0 Å². The van der Waals surface area contributed by atoms with E-state index in [0.717, 1.165) is 18.5 Å². The van der Waals surface area contributed by atoms with E-state index in [9.17, 15) is 4.39 Å². The minimum atomic E-state index is -0.126. The van der Waals surface area contributed by atoms with Gasteiger partial charge in [-0.15, -0.1) is 0 Å². The van der Waals surface area contributed by atoms with Crippen LogP contribution in [-0.4, -0.2) is 6.04 Å². The highest BCUT2D eigenvalue weighted by Crippen LogP contribution is 2.46. The van der Waals surface area contributed by atoms with Crippen molar-refractivity contribution in [3.8, 4) is 0 Å². The van der Waals surface area contributed by atoms with Crippen molar-refractivity contribution in [3.05, 3.63) is 29.6 Å². The molecule has 1 aliphatic rings. The number of nitrogens with one attached hydrogen (secondary N) is 1. The van der Waals surface area contributed by atoms with Crippen molar-refractivity contribution in [2.24, 2.45) is 10.8 Å². The van der Waals surface area contributed by atoms with Gasteiger partial charge >= 0.3 is 0 Å². The summed E-state index contributed by atoms with van der Waals surface area (Å²) in [7, 11) is 0. The quantitative estimate of drug-likeness (QED) is 0.778. The van der Waals surface area contributed by atoms with Gasteiger partial charge in [-0.25, -0.2) is 4.39 Å². The van der Waals surface area contributed by atoms with Gasteiger partial charge < -0.3 is 5.32 Å². The minimum Gasteiger partial charge on any atom is -0.382 e. The van der Waals surface area contributed by atoms with E-state index >= 15 is 0 Å². The van der Waals surface area contributed by atoms with Gasteiger partial charge in [0.2, 0.25) is 0 Å². The Kier molecular flexibility index (Phi) is 3.63. The number of benzene rings is 1. The van der Waals surface area contributed by atoms with Crippen LogP contribution in [0.15, 0.2) is 18.2 Å². The highest BCUT2D eigenvalue weighted by molar-refractivity contribution is 5.46. The second kappa shape index (κ2) is 4.81. The van der Waals surface area contributed by atoms with Gasteiger partial charge in [0.1, 0.15) is 5.82 Å². The number of anilines is 1. The summed E-state index contributed by atoms with van der Waals surface area (Å²) in [5, 5.41) is 3.52. The maximum atomic E-state index is 13.6. The molecule has 0 saturated heterocycles. The maximum absolute atomic E-state index is 13.6. The standard InChI is InChI=1S/C17H26FN/c1-12-6-7-13(8-15(12)18)19-14-9-16(2,3)11-17(4,5)10-14/h6-8,14,19H,9-11H2,1-5H3. The molecule has 1 fully saturated rings. The zero-order valence-corrected chi connectivity index (χ0v) is 12.8. The lowest BCUT2D eigenvalue weighted by molar-refractivity contribution is 0.105. The number of hydrogen-bond acceptors (Lipinski definition) is 1. The van der Waals surface area contributed by atoms with E-state index in [2.05, 4.69) is 33.0 Å². The Balaban J connectivity index is 2.11. The summed E-state index contributed by atoms with van der Waals surface area (Å²) >= 11 is 0. The van der Waals surface area contributed by atoms with E-state index in [4.69, 9.17) is 0 Å². The van der Waals surface area contributed by atoms with Crippen LogP contribution in [0.3, 0.4) is 0 Å². The molecule has 0 spiro atoms. The summed E-state index contributed by atoms with van der Waals surface area (Å²) in [6, 6.07) is 5.87. The third-order valence-electron chi connectivity index (χ3n) is 4.10. The zero-order chi connectivity index (χ0) is 14.3. The fourth-order valence-electron chi connectivity index (χ4n) is 3.87. The van der Waals surface area contributed by atoms with Crippen LogP contribution < -0.4 is 5.32 Å². The highest BCUT2D eigenvalue weighted by Gasteiger charge is 2.38. The van der Waals surface area contributed by atoms with E-state index in [1.807, 2.05) is 12.1 Å². The Hall–Kier alpha value is -1.05. The number of hydrogen-bond donors (Lipinski definition) is 1. The molecule has 0 aromatic heterocycles. The van der Waals surface area contributed by atoms with Gasteiger partial charge in [-0.05, 0) is 54.7 Å². The molecule has 0 heterocycles. The molecule has 1 N–H and O–H groups in total. The smallest absolute Gasteiger partial charge is 0.128 e. The lowest BCUT2D eigenvalue weighted by Gasteiger charge is -2.45. The molecule has 0 atom stereocenters. The van der Waals surface area contributed by atoms with Gasteiger partial charge in [0, 0.05) is 11.7 Å². The number of aryl methyl sites for hydroxylation is 1. The topological polar surface area (TPSA) is 12.0 Å². The Morgan fingerprint density at radius 2 is 1.68 bits per heavy atom. The normalized spacial score (nSPS) is 22.2. The van der Waals surface area contributed by atoms with Crippen LogP contribution in [0.25, 0.3) is 0 Å². The Labute approximate surface area is 116 Å². The van der Waals surface area contributed by atoms with Crippen LogP contribution in [0.2, 0.25) is 0 Å². The lowest BCUT2D eigenvalue weighted by Crippen LogP contribution is -2.40. The van der Waals surface area contributed by atoms with Crippen LogP contribution in [-0.2, 0) is 0 Å². The summed E-state index contributed by atoms with van der Waals surface area (Å²) < 4.78 is 13.6. The molecule has 0 aliphatic heterocycles. The maximum Gasteiger partial charge on any atom is 0.128 e. The SMILES string of the molecule is Cc1ccc(NC2CC(C)(C)CC(C)(C)C2)cc1F. The first-order valence-electron chi connectivity index (χ1n) is 7.20. The van der Waals surface area contributed by atoms with Gasteiger partial charge in [-0.1, -0.05) is 33.8 Å². The first kappa shape index (κ1) is 14.4. The van der Waals surface area contributed by atoms with Gasteiger partial charge in [0.15, 0.2) is 0 Å². The molecule has 0 radical (unpaired) electrons. The van der Waals surface area contributed by atoms with Gasteiger partial charge in [-0.2, -0.15) is 0 Å². The summed E-state index contributed by atoms with van der Waals surface area (Å²) in [5.41, 5.74) is 2.31.